The molecule has 0 aliphatic rings. The van der Waals surface area contributed by atoms with Crippen molar-refractivity contribution in [3.8, 4) is 11.5 Å². The van der Waals surface area contributed by atoms with Gasteiger partial charge in [0.1, 0.15) is 11.5 Å². The van der Waals surface area contributed by atoms with Crippen molar-refractivity contribution in [3.05, 3.63) is 83.4 Å². The van der Waals surface area contributed by atoms with Crippen LogP contribution in [0.4, 0.5) is 5.69 Å². The zero-order valence-electron chi connectivity index (χ0n) is 16.8. The Morgan fingerprint density at radius 1 is 0.969 bits per heavy atom. The normalized spacial score (nSPS) is 12.0. The zero-order chi connectivity index (χ0) is 23.3. The third-order valence-electron chi connectivity index (χ3n) is 4.24. The van der Waals surface area contributed by atoms with Gasteiger partial charge < -0.3 is 14.8 Å². The van der Waals surface area contributed by atoms with Crippen LogP contribution in [-0.2, 0) is 19.6 Å². The van der Waals surface area contributed by atoms with Gasteiger partial charge in [-0.05, 0) is 61.5 Å². The van der Waals surface area contributed by atoms with Gasteiger partial charge in [0.05, 0.1) is 15.5 Å². The highest BCUT2D eigenvalue weighted by Crippen LogP contribution is 2.24. The highest BCUT2D eigenvalue weighted by molar-refractivity contribution is 7.89. The van der Waals surface area contributed by atoms with Crippen LogP contribution >= 0.6 is 11.6 Å². The van der Waals surface area contributed by atoms with E-state index in [1.54, 1.807) is 24.3 Å². The fourth-order valence-corrected chi connectivity index (χ4v) is 3.32. The van der Waals surface area contributed by atoms with Gasteiger partial charge >= 0.3 is 5.97 Å². The summed E-state index contributed by atoms with van der Waals surface area (Å²) in [5.41, 5.74) is 0.243. The van der Waals surface area contributed by atoms with E-state index in [0.717, 1.165) is 12.1 Å². The number of halogens is 1. The van der Waals surface area contributed by atoms with Gasteiger partial charge in [0.15, 0.2) is 6.10 Å². The number of amides is 1. The Morgan fingerprint density at radius 2 is 1.59 bits per heavy atom. The van der Waals surface area contributed by atoms with Crippen molar-refractivity contribution in [2.75, 3.05) is 5.32 Å². The SMILES string of the molecule is CC(OC(=O)c1cc(S(N)(=O)=O)ccc1Cl)C(=O)Nc1ccc(Oc2ccccc2)cc1. The van der Waals surface area contributed by atoms with Crippen LogP contribution in [0.25, 0.3) is 0 Å². The Hall–Kier alpha value is -3.40. The van der Waals surface area contributed by atoms with E-state index in [1.807, 2.05) is 30.3 Å². The summed E-state index contributed by atoms with van der Waals surface area (Å²) in [6.07, 6.45) is -1.18. The average Bonchev–Trinajstić information content (AvgIpc) is 2.75. The number of hydrogen-bond acceptors (Lipinski definition) is 6. The highest BCUT2D eigenvalue weighted by Gasteiger charge is 2.22. The van der Waals surface area contributed by atoms with Crippen LogP contribution in [0.5, 0.6) is 11.5 Å². The molecule has 1 unspecified atom stereocenters. The van der Waals surface area contributed by atoms with Crippen molar-refractivity contribution >= 4 is 39.2 Å². The predicted octanol–water partition coefficient (Wildman–Crippen LogP) is 3.96. The van der Waals surface area contributed by atoms with Crippen molar-refractivity contribution in [2.45, 2.75) is 17.9 Å². The molecule has 0 bridgehead atoms. The number of nitrogens with one attached hydrogen (secondary N) is 1. The Morgan fingerprint density at radius 3 is 2.22 bits per heavy atom. The molecular weight excluding hydrogens is 456 g/mol. The number of anilines is 1. The number of esters is 1. The van der Waals surface area contributed by atoms with Gasteiger partial charge in [0.25, 0.3) is 5.91 Å². The van der Waals surface area contributed by atoms with Crippen LogP contribution in [0.15, 0.2) is 77.7 Å². The summed E-state index contributed by atoms with van der Waals surface area (Å²) in [5.74, 6) is -0.295. The summed E-state index contributed by atoms with van der Waals surface area (Å²) in [6, 6.07) is 19.2. The summed E-state index contributed by atoms with van der Waals surface area (Å²) in [6.45, 7) is 1.37. The molecular formula is C22H19ClN2O6S. The third kappa shape index (κ3) is 6.07. The molecule has 3 N–H and O–H groups in total. The molecule has 0 radical (unpaired) electrons. The van der Waals surface area contributed by atoms with E-state index < -0.39 is 28.0 Å². The molecule has 0 heterocycles. The highest BCUT2D eigenvalue weighted by atomic mass is 35.5. The van der Waals surface area contributed by atoms with Gasteiger partial charge in [-0.2, -0.15) is 0 Å². The fraction of sp³-hybridized carbons (Fsp3) is 0.0909. The maximum Gasteiger partial charge on any atom is 0.340 e. The second kappa shape index (κ2) is 9.82. The molecule has 32 heavy (non-hydrogen) atoms. The summed E-state index contributed by atoms with van der Waals surface area (Å²) in [5, 5.41) is 7.65. The van der Waals surface area contributed by atoms with Crippen molar-refractivity contribution in [3.63, 3.8) is 0 Å². The number of nitrogens with two attached hydrogens (primary N) is 1. The molecule has 0 aromatic heterocycles. The minimum atomic E-state index is -4.04. The molecule has 1 atom stereocenters. The molecule has 3 aromatic carbocycles. The molecule has 0 aliphatic heterocycles. The van der Waals surface area contributed by atoms with Gasteiger partial charge in [0, 0.05) is 5.69 Å². The Bertz CT molecular complexity index is 1230. The van der Waals surface area contributed by atoms with E-state index in [0.29, 0.717) is 17.2 Å². The maximum absolute atomic E-state index is 12.4. The van der Waals surface area contributed by atoms with E-state index in [-0.39, 0.29) is 15.5 Å². The monoisotopic (exact) mass is 474 g/mol. The predicted molar refractivity (Wildman–Crippen MR) is 119 cm³/mol. The number of sulfonamides is 1. The lowest BCUT2D eigenvalue weighted by molar-refractivity contribution is -0.123. The molecule has 0 saturated carbocycles. The van der Waals surface area contributed by atoms with Crippen LogP contribution in [0.2, 0.25) is 5.02 Å². The minimum Gasteiger partial charge on any atom is -0.457 e. The van der Waals surface area contributed by atoms with E-state index in [9.17, 15) is 18.0 Å². The number of benzene rings is 3. The number of carbonyl (C=O) groups excluding carboxylic acids is 2. The van der Waals surface area contributed by atoms with Crippen LogP contribution in [0.3, 0.4) is 0 Å². The molecule has 0 aliphatic carbocycles. The summed E-state index contributed by atoms with van der Waals surface area (Å²) < 4.78 is 33.8. The molecule has 3 aromatic rings. The topological polar surface area (TPSA) is 125 Å². The van der Waals surface area contributed by atoms with Gasteiger partial charge in [-0.25, -0.2) is 18.4 Å². The first kappa shape index (κ1) is 23.3. The summed E-state index contributed by atoms with van der Waals surface area (Å²) >= 11 is 5.96. The fourth-order valence-electron chi connectivity index (χ4n) is 2.59. The van der Waals surface area contributed by atoms with Crippen molar-refractivity contribution in [1.82, 2.24) is 0 Å². The molecule has 10 heteroatoms. The lowest BCUT2D eigenvalue weighted by atomic mass is 10.2. The van der Waals surface area contributed by atoms with Crippen LogP contribution in [-0.4, -0.2) is 26.4 Å². The zero-order valence-corrected chi connectivity index (χ0v) is 18.4. The van der Waals surface area contributed by atoms with Gasteiger partial charge in [0.2, 0.25) is 10.0 Å². The first-order valence-electron chi connectivity index (χ1n) is 9.30. The largest absolute Gasteiger partial charge is 0.457 e. The summed E-state index contributed by atoms with van der Waals surface area (Å²) in [4.78, 5) is 24.5. The smallest absolute Gasteiger partial charge is 0.340 e. The van der Waals surface area contributed by atoms with E-state index >= 15 is 0 Å². The molecule has 1 amide bonds. The second-order valence-corrected chi connectivity index (χ2v) is 8.63. The second-order valence-electron chi connectivity index (χ2n) is 6.66. The number of hydrogen-bond donors (Lipinski definition) is 2. The minimum absolute atomic E-state index is 0.0380. The quantitative estimate of drug-likeness (QED) is 0.499. The number of primary sulfonamides is 1. The van der Waals surface area contributed by atoms with Gasteiger partial charge in [-0.15, -0.1) is 0 Å². The Kier molecular flexibility index (Phi) is 7.14. The van der Waals surface area contributed by atoms with E-state index in [1.165, 1.54) is 13.0 Å². The number of para-hydroxylation sites is 1. The van der Waals surface area contributed by atoms with Crippen LogP contribution < -0.4 is 15.2 Å². The lowest BCUT2D eigenvalue weighted by Gasteiger charge is -2.15. The maximum atomic E-state index is 12.4. The number of ether oxygens (including phenoxy) is 2. The number of carbonyl (C=O) groups is 2. The van der Waals surface area contributed by atoms with E-state index in [4.69, 9.17) is 26.2 Å². The van der Waals surface area contributed by atoms with E-state index in [2.05, 4.69) is 5.32 Å². The molecule has 8 nitrogen and oxygen atoms in total. The number of rotatable bonds is 7. The standard InChI is InChI=1S/C22H19ClN2O6S/c1-14(30-22(27)19-13-18(32(24,28)29)11-12-20(19)23)21(26)25-15-7-9-17(10-8-15)31-16-5-3-2-4-6-16/h2-14H,1H3,(H,25,26)(H2,24,28,29). The van der Waals surface area contributed by atoms with Crippen LogP contribution in [0, 0.1) is 0 Å². The molecule has 3 rings (SSSR count). The Balaban J connectivity index is 1.62. The third-order valence-corrected chi connectivity index (χ3v) is 5.48. The van der Waals surface area contributed by atoms with Gasteiger partial charge in [-0.1, -0.05) is 29.8 Å². The lowest BCUT2D eigenvalue weighted by Crippen LogP contribution is -2.30. The van der Waals surface area contributed by atoms with Crippen molar-refractivity contribution < 1.29 is 27.5 Å². The van der Waals surface area contributed by atoms with Gasteiger partial charge in [-0.3, -0.25) is 4.79 Å². The molecule has 0 saturated heterocycles. The summed E-state index contributed by atoms with van der Waals surface area (Å²) in [7, 11) is -4.04. The molecule has 0 spiro atoms. The first-order chi connectivity index (χ1) is 15.1. The average molecular weight is 475 g/mol. The van der Waals surface area contributed by atoms with Crippen molar-refractivity contribution in [1.29, 1.82) is 0 Å². The Labute approximate surface area is 190 Å². The molecule has 0 fully saturated rings. The molecule has 166 valence electrons. The first-order valence-corrected chi connectivity index (χ1v) is 11.2. The van der Waals surface area contributed by atoms with Crippen molar-refractivity contribution in [2.24, 2.45) is 5.14 Å². The van der Waals surface area contributed by atoms with Crippen LogP contribution in [0.1, 0.15) is 17.3 Å².